The molecule has 1 saturated heterocycles. The van der Waals surface area contributed by atoms with Crippen LogP contribution in [-0.4, -0.2) is 52.3 Å². The molecule has 1 rings (SSSR count). The summed E-state index contributed by atoms with van der Waals surface area (Å²) in [6.07, 6.45) is -12.7. The van der Waals surface area contributed by atoms with Crippen molar-refractivity contribution < 1.29 is 45.5 Å². The van der Waals surface area contributed by atoms with E-state index < -0.39 is 53.4 Å². The van der Waals surface area contributed by atoms with E-state index in [1.165, 1.54) is 34.6 Å². The first-order chi connectivity index (χ1) is 11.8. The highest BCUT2D eigenvalue weighted by molar-refractivity contribution is 6.10. The number of hydrogen-bond acceptors (Lipinski definition) is 4. The molecule has 1 aliphatic rings. The largest absolute Gasteiger partial charge is 0.458 e. The van der Waals surface area contributed by atoms with Gasteiger partial charge in [-0.05, 0) is 33.1 Å². The van der Waals surface area contributed by atoms with Gasteiger partial charge >= 0.3 is 29.9 Å². The van der Waals surface area contributed by atoms with Crippen LogP contribution in [0.3, 0.4) is 0 Å². The molecule has 0 aromatic rings. The number of carbonyl (C=O) groups is 3. The molecule has 1 N–H and O–H groups in total. The Kier molecular flexibility index (Phi) is 5.85. The fraction of sp³-hybridized carbons (Fsp3) is 0.800. The molecular weight excluding hydrogens is 386 g/mol. The fourth-order valence-corrected chi connectivity index (χ4v) is 2.50. The van der Waals surface area contributed by atoms with Gasteiger partial charge in [0.05, 0.1) is 0 Å². The number of urea groups is 1. The number of rotatable bonds is 4. The van der Waals surface area contributed by atoms with E-state index in [0.29, 0.717) is 5.32 Å². The summed E-state index contributed by atoms with van der Waals surface area (Å²) in [5, 5.41) is 0.698. The number of esters is 1. The third-order valence-electron chi connectivity index (χ3n) is 3.59. The first-order valence-electron chi connectivity index (χ1n) is 7.87. The number of nitrogens with one attached hydrogen (secondary N) is 1. The molecule has 0 radical (unpaired) electrons. The highest BCUT2D eigenvalue weighted by Crippen LogP contribution is 2.47. The minimum absolute atomic E-state index is 0.338. The maximum atomic E-state index is 13.2. The lowest BCUT2D eigenvalue weighted by Gasteiger charge is -2.32. The molecule has 0 aromatic heterocycles. The monoisotopic (exact) mass is 406 g/mol. The summed E-state index contributed by atoms with van der Waals surface area (Å²) in [7, 11) is 0. The zero-order chi connectivity index (χ0) is 21.6. The average Bonchev–Trinajstić information content (AvgIpc) is 2.65. The molecule has 27 heavy (non-hydrogen) atoms. The first kappa shape index (κ1) is 23.0. The molecule has 0 aromatic carbocycles. The van der Waals surface area contributed by atoms with Crippen LogP contribution >= 0.6 is 0 Å². The predicted molar refractivity (Wildman–Crippen MR) is 79.3 cm³/mol. The molecular formula is C15H20F6N2O4. The number of amides is 3. The molecule has 1 unspecified atom stereocenters. The molecule has 1 atom stereocenters. The highest BCUT2D eigenvalue weighted by Gasteiger charge is 2.81. The van der Waals surface area contributed by atoms with E-state index in [0.717, 1.165) is 0 Å². The van der Waals surface area contributed by atoms with E-state index in [2.05, 4.69) is 0 Å². The van der Waals surface area contributed by atoms with Crippen LogP contribution in [0.1, 0.15) is 41.0 Å². The summed E-state index contributed by atoms with van der Waals surface area (Å²) < 4.78 is 84.2. The number of carbonyl (C=O) groups excluding carboxylic acids is 3. The Morgan fingerprint density at radius 1 is 1.07 bits per heavy atom. The predicted octanol–water partition coefficient (Wildman–Crippen LogP) is 3.16. The highest BCUT2D eigenvalue weighted by atomic mass is 19.4. The molecule has 12 heteroatoms. The van der Waals surface area contributed by atoms with Gasteiger partial charge in [0.1, 0.15) is 11.6 Å². The smallest absolute Gasteiger partial charge is 0.429 e. The van der Waals surface area contributed by atoms with Crippen LogP contribution in [0.5, 0.6) is 0 Å². The van der Waals surface area contributed by atoms with Crippen LogP contribution in [0.25, 0.3) is 0 Å². The third-order valence-corrected chi connectivity index (χ3v) is 3.59. The summed E-state index contributed by atoms with van der Waals surface area (Å²) in [4.78, 5) is 36.2. The summed E-state index contributed by atoms with van der Waals surface area (Å²) >= 11 is 0. The van der Waals surface area contributed by atoms with Crippen molar-refractivity contribution in [2.24, 2.45) is 5.92 Å². The molecule has 156 valence electrons. The second-order valence-corrected chi connectivity index (χ2v) is 7.53. The van der Waals surface area contributed by atoms with Crippen molar-refractivity contribution in [3.8, 4) is 0 Å². The Bertz CT molecular complexity index is 607. The summed E-state index contributed by atoms with van der Waals surface area (Å²) in [6, 6.07) is -3.91. The fourth-order valence-electron chi connectivity index (χ4n) is 2.50. The Balaban J connectivity index is 3.46. The average molecular weight is 406 g/mol. The zero-order valence-electron chi connectivity index (χ0n) is 15.2. The van der Waals surface area contributed by atoms with Gasteiger partial charge in [0, 0.05) is 0 Å². The van der Waals surface area contributed by atoms with Crippen molar-refractivity contribution in [2.75, 3.05) is 0 Å². The standard InChI is InChI=1S/C15H20F6N2O4/c1-7(2)6-8(9(24)27-12(3,4)5)23-10(25)13(14(16,17)18,15(19,20)21)22-11(23)26/h7-8H,6H2,1-5H3,(H,22,26). The van der Waals surface area contributed by atoms with Crippen molar-refractivity contribution in [1.29, 1.82) is 0 Å². The molecule has 0 aliphatic carbocycles. The van der Waals surface area contributed by atoms with Crippen LogP contribution in [-0.2, 0) is 14.3 Å². The Labute approximate surface area is 151 Å². The topological polar surface area (TPSA) is 75.7 Å². The Morgan fingerprint density at radius 3 is 1.81 bits per heavy atom. The maximum Gasteiger partial charge on any atom is 0.429 e. The summed E-state index contributed by atoms with van der Waals surface area (Å²) in [5.74, 6) is -4.33. The van der Waals surface area contributed by atoms with Crippen LogP contribution < -0.4 is 5.32 Å². The lowest BCUT2D eigenvalue weighted by Crippen LogP contribution is -2.68. The van der Waals surface area contributed by atoms with Gasteiger partial charge in [-0.1, -0.05) is 13.8 Å². The molecule has 1 heterocycles. The molecule has 0 spiro atoms. The van der Waals surface area contributed by atoms with Crippen molar-refractivity contribution in [2.45, 2.75) is 70.6 Å². The van der Waals surface area contributed by atoms with Gasteiger partial charge < -0.3 is 10.1 Å². The SMILES string of the molecule is CC(C)CC(C(=O)OC(C)(C)C)N1C(=O)NC(C(F)(F)F)(C(F)(F)F)C1=O. The third kappa shape index (κ3) is 4.29. The van der Waals surface area contributed by atoms with E-state index in [1.807, 2.05) is 0 Å². The molecule has 6 nitrogen and oxygen atoms in total. The van der Waals surface area contributed by atoms with E-state index in [-0.39, 0.29) is 11.3 Å². The normalized spacial score (nSPS) is 19.3. The number of nitrogens with zero attached hydrogens (tertiary/aromatic N) is 1. The minimum atomic E-state index is -6.16. The van der Waals surface area contributed by atoms with E-state index in [9.17, 15) is 40.7 Å². The minimum Gasteiger partial charge on any atom is -0.458 e. The Morgan fingerprint density at radius 2 is 1.52 bits per heavy atom. The number of halogens is 6. The lowest BCUT2D eigenvalue weighted by molar-refractivity contribution is -0.290. The molecule has 3 amide bonds. The number of hydrogen-bond donors (Lipinski definition) is 1. The Hall–Kier alpha value is -2.01. The van der Waals surface area contributed by atoms with E-state index in [1.54, 1.807) is 0 Å². The number of alkyl halides is 6. The van der Waals surface area contributed by atoms with Gasteiger partial charge in [-0.3, -0.25) is 4.79 Å². The molecule has 1 fully saturated rings. The summed E-state index contributed by atoms with van der Waals surface area (Å²) in [5.41, 5.74) is -6.26. The molecule has 1 aliphatic heterocycles. The lowest BCUT2D eigenvalue weighted by atomic mass is 9.96. The zero-order valence-corrected chi connectivity index (χ0v) is 15.2. The van der Waals surface area contributed by atoms with Gasteiger partial charge in [0.2, 0.25) is 0 Å². The summed E-state index contributed by atoms with van der Waals surface area (Å²) in [6.45, 7) is 7.27. The van der Waals surface area contributed by atoms with Crippen LogP contribution in [0.15, 0.2) is 0 Å². The van der Waals surface area contributed by atoms with Crippen LogP contribution in [0.4, 0.5) is 31.1 Å². The second-order valence-electron chi connectivity index (χ2n) is 7.53. The van der Waals surface area contributed by atoms with E-state index in [4.69, 9.17) is 4.74 Å². The second kappa shape index (κ2) is 6.86. The number of ether oxygens (including phenoxy) is 1. The van der Waals surface area contributed by atoms with Crippen molar-refractivity contribution in [3.63, 3.8) is 0 Å². The quantitative estimate of drug-likeness (QED) is 0.442. The van der Waals surface area contributed by atoms with Crippen molar-refractivity contribution in [3.05, 3.63) is 0 Å². The van der Waals surface area contributed by atoms with Gasteiger partial charge in [0.15, 0.2) is 0 Å². The van der Waals surface area contributed by atoms with Gasteiger partial charge in [0.25, 0.3) is 5.91 Å². The maximum absolute atomic E-state index is 13.2. The van der Waals surface area contributed by atoms with E-state index >= 15 is 0 Å². The van der Waals surface area contributed by atoms with Gasteiger partial charge in [-0.2, -0.15) is 26.3 Å². The van der Waals surface area contributed by atoms with Gasteiger partial charge in [-0.25, -0.2) is 14.5 Å². The van der Waals surface area contributed by atoms with Crippen molar-refractivity contribution >= 4 is 17.9 Å². The van der Waals surface area contributed by atoms with Crippen LogP contribution in [0.2, 0.25) is 0 Å². The van der Waals surface area contributed by atoms with Gasteiger partial charge in [-0.15, -0.1) is 0 Å². The first-order valence-corrected chi connectivity index (χ1v) is 7.87. The van der Waals surface area contributed by atoms with Crippen molar-refractivity contribution in [1.82, 2.24) is 10.2 Å². The number of imide groups is 1. The molecule has 0 saturated carbocycles. The van der Waals surface area contributed by atoms with Crippen LogP contribution in [0, 0.1) is 5.92 Å². The molecule has 0 bridgehead atoms.